The third-order valence-corrected chi connectivity index (χ3v) is 4.84. The van der Waals surface area contributed by atoms with E-state index in [1.807, 2.05) is 11.3 Å². The van der Waals surface area contributed by atoms with Crippen LogP contribution in [0.4, 0.5) is 0 Å². The van der Waals surface area contributed by atoms with Crippen molar-refractivity contribution in [3.8, 4) is 0 Å². The average molecular weight is 237 g/mol. The van der Waals surface area contributed by atoms with Gasteiger partial charge in [0.05, 0.1) is 0 Å². The molecule has 1 unspecified atom stereocenters. The lowest BCUT2D eigenvalue weighted by molar-refractivity contribution is 0.434. The van der Waals surface area contributed by atoms with Crippen LogP contribution in [0.15, 0.2) is 11.4 Å². The summed E-state index contributed by atoms with van der Waals surface area (Å²) in [5.74, 6) is 1.48. The van der Waals surface area contributed by atoms with Crippen LogP contribution < -0.4 is 5.73 Å². The van der Waals surface area contributed by atoms with Crippen LogP contribution in [-0.2, 0) is 6.42 Å². The van der Waals surface area contributed by atoms with E-state index in [1.54, 1.807) is 4.88 Å². The largest absolute Gasteiger partial charge is 0.325 e. The first-order chi connectivity index (χ1) is 7.48. The zero-order valence-electron chi connectivity index (χ0n) is 10.6. The predicted octanol–water partition coefficient (Wildman–Crippen LogP) is 3.93. The SMILES string of the molecule is CC(c1ccsc1CCC1CC1)C(C)(C)N. The normalized spacial score (nSPS) is 18.8. The number of nitrogens with two attached hydrogens (primary N) is 1. The number of hydrogen-bond donors (Lipinski definition) is 1. The summed E-state index contributed by atoms with van der Waals surface area (Å²) in [4.78, 5) is 1.57. The molecule has 2 rings (SSSR count). The van der Waals surface area contributed by atoms with Gasteiger partial charge in [0, 0.05) is 10.4 Å². The fourth-order valence-electron chi connectivity index (χ4n) is 2.08. The number of thiophene rings is 1. The molecule has 0 amide bonds. The smallest absolute Gasteiger partial charge is 0.0164 e. The van der Waals surface area contributed by atoms with Crippen LogP contribution in [0.5, 0.6) is 0 Å². The molecule has 1 aliphatic carbocycles. The second-order valence-electron chi connectivity index (χ2n) is 5.82. The van der Waals surface area contributed by atoms with Crippen LogP contribution in [0.3, 0.4) is 0 Å². The summed E-state index contributed by atoms with van der Waals surface area (Å²) in [7, 11) is 0. The highest BCUT2D eigenvalue weighted by Crippen LogP contribution is 2.37. The van der Waals surface area contributed by atoms with Gasteiger partial charge in [-0.05, 0) is 55.5 Å². The van der Waals surface area contributed by atoms with Crippen LogP contribution in [-0.4, -0.2) is 5.54 Å². The zero-order valence-corrected chi connectivity index (χ0v) is 11.4. The Hall–Kier alpha value is -0.340. The average Bonchev–Trinajstić information content (AvgIpc) is 2.91. The molecule has 0 aliphatic heterocycles. The molecule has 1 nitrogen and oxygen atoms in total. The van der Waals surface area contributed by atoms with Crippen molar-refractivity contribution >= 4 is 11.3 Å². The molecule has 1 aromatic heterocycles. The molecule has 2 heteroatoms. The van der Waals surface area contributed by atoms with Gasteiger partial charge in [0.1, 0.15) is 0 Å². The van der Waals surface area contributed by atoms with Gasteiger partial charge < -0.3 is 5.73 Å². The molecule has 0 bridgehead atoms. The van der Waals surface area contributed by atoms with E-state index in [0.717, 1.165) is 5.92 Å². The fraction of sp³-hybridized carbons (Fsp3) is 0.714. The molecule has 1 aromatic rings. The number of aryl methyl sites for hydroxylation is 1. The molecule has 1 saturated carbocycles. The molecule has 90 valence electrons. The zero-order chi connectivity index (χ0) is 11.8. The molecule has 2 N–H and O–H groups in total. The molecule has 1 heterocycles. The van der Waals surface area contributed by atoms with Crippen molar-refractivity contribution in [3.05, 3.63) is 21.9 Å². The summed E-state index contributed by atoms with van der Waals surface area (Å²) >= 11 is 1.91. The molecule has 0 radical (unpaired) electrons. The van der Waals surface area contributed by atoms with E-state index in [9.17, 15) is 0 Å². The summed E-state index contributed by atoms with van der Waals surface area (Å²) in [5, 5.41) is 2.22. The van der Waals surface area contributed by atoms with E-state index >= 15 is 0 Å². The molecule has 0 aromatic carbocycles. The van der Waals surface area contributed by atoms with Crippen LogP contribution in [0.25, 0.3) is 0 Å². The molecule has 16 heavy (non-hydrogen) atoms. The predicted molar refractivity (Wildman–Crippen MR) is 72.0 cm³/mol. The maximum absolute atomic E-state index is 6.21. The van der Waals surface area contributed by atoms with Gasteiger partial charge in [-0.3, -0.25) is 0 Å². The second kappa shape index (κ2) is 4.50. The van der Waals surface area contributed by atoms with Gasteiger partial charge in [-0.15, -0.1) is 11.3 Å². The maximum atomic E-state index is 6.21. The van der Waals surface area contributed by atoms with Crippen molar-refractivity contribution in [2.75, 3.05) is 0 Å². The Morgan fingerprint density at radius 1 is 1.50 bits per heavy atom. The first-order valence-corrected chi connectivity index (χ1v) is 7.21. The Balaban J connectivity index is 2.05. The van der Waals surface area contributed by atoms with E-state index in [1.165, 1.54) is 31.2 Å². The summed E-state index contributed by atoms with van der Waals surface area (Å²) < 4.78 is 0. The summed E-state index contributed by atoms with van der Waals surface area (Å²) in [5.41, 5.74) is 7.58. The second-order valence-corrected chi connectivity index (χ2v) is 6.82. The highest BCUT2D eigenvalue weighted by Gasteiger charge is 2.26. The van der Waals surface area contributed by atoms with Crippen molar-refractivity contribution in [2.24, 2.45) is 11.7 Å². The van der Waals surface area contributed by atoms with Crippen molar-refractivity contribution in [1.29, 1.82) is 0 Å². The Kier molecular flexibility index (Phi) is 3.41. The maximum Gasteiger partial charge on any atom is 0.0164 e. The summed E-state index contributed by atoms with van der Waals surface area (Å²) in [6.07, 6.45) is 5.56. The van der Waals surface area contributed by atoms with Gasteiger partial charge in [-0.1, -0.05) is 19.8 Å². The number of rotatable bonds is 5. The van der Waals surface area contributed by atoms with Crippen molar-refractivity contribution in [3.63, 3.8) is 0 Å². The van der Waals surface area contributed by atoms with Gasteiger partial charge in [-0.2, -0.15) is 0 Å². The lowest BCUT2D eigenvalue weighted by Gasteiger charge is -2.27. The van der Waals surface area contributed by atoms with Crippen molar-refractivity contribution in [1.82, 2.24) is 0 Å². The summed E-state index contributed by atoms with van der Waals surface area (Å²) in [6, 6.07) is 2.27. The molecular weight excluding hydrogens is 214 g/mol. The van der Waals surface area contributed by atoms with Gasteiger partial charge in [0.25, 0.3) is 0 Å². The Morgan fingerprint density at radius 2 is 2.19 bits per heavy atom. The quantitative estimate of drug-likeness (QED) is 0.825. The van der Waals surface area contributed by atoms with Crippen molar-refractivity contribution < 1.29 is 0 Å². The molecule has 1 fully saturated rings. The lowest BCUT2D eigenvalue weighted by atomic mass is 9.84. The third kappa shape index (κ3) is 2.86. The summed E-state index contributed by atoms with van der Waals surface area (Å²) in [6.45, 7) is 6.50. The highest BCUT2D eigenvalue weighted by atomic mass is 32.1. The standard InChI is InChI=1S/C14H23NS/c1-10(14(2,3)15)12-8-9-16-13(12)7-6-11-4-5-11/h8-11H,4-7,15H2,1-3H3. The highest BCUT2D eigenvalue weighted by molar-refractivity contribution is 7.10. The molecule has 1 atom stereocenters. The minimum Gasteiger partial charge on any atom is -0.325 e. The van der Waals surface area contributed by atoms with Gasteiger partial charge in [-0.25, -0.2) is 0 Å². The van der Waals surface area contributed by atoms with Gasteiger partial charge >= 0.3 is 0 Å². The molecule has 1 aliphatic rings. The van der Waals surface area contributed by atoms with Crippen molar-refractivity contribution in [2.45, 2.75) is 57.9 Å². The Morgan fingerprint density at radius 3 is 2.75 bits per heavy atom. The molecule has 0 saturated heterocycles. The molecule has 0 spiro atoms. The van der Waals surface area contributed by atoms with Crippen LogP contribution in [0.1, 0.15) is 56.4 Å². The minimum atomic E-state index is -0.116. The Labute approximate surface area is 103 Å². The minimum absolute atomic E-state index is 0.116. The van der Waals surface area contributed by atoms with Gasteiger partial charge in [0.15, 0.2) is 0 Å². The first kappa shape index (κ1) is 12.1. The first-order valence-electron chi connectivity index (χ1n) is 6.33. The Bertz CT molecular complexity index is 344. The topological polar surface area (TPSA) is 26.0 Å². The van der Waals surface area contributed by atoms with Gasteiger partial charge in [0.2, 0.25) is 0 Å². The van der Waals surface area contributed by atoms with Crippen LogP contribution in [0, 0.1) is 5.92 Å². The monoisotopic (exact) mass is 237 g/mol. The van der Waals surface area contributed by atoms with E-state index in [0.29, 0.717) is 5.92 Å². The van der Waals surface area contributed by atoms with E-state index in [-0.39, 0.29) is 5.54 Å². The number of hydrogen-bond acceptors (Lipinski definition) is 2. The van der Waals surface area contributed by atoms with Crippen LogP contribution >= 0.6 is 11.3 Å². The lowest BCUT2D eigenvalue weighted by Crippen LogP contribution is -2.38. The van der Waals surface area contributed by atoms with E-state index in [4.69, 9.17) is 5.73 Å². The van der Waals surface area contributed by atoms with E-state index < -0.39 is 0 Å². The third-order valence-electron chi connectivity index (χ3n) is 3.84. The van der Waals surface area contributed by atoms with Crippen LogP contribution in [0.2, 0.25) is 0 Å². The van der Waals surface area contributed by atoms with E-state index in [2.05, 4.69) is 32.2 Å². The molecular formula is C14H23NS. The fourth-order valence-corrected chi connectivity index (χ4v) is 3.08.